The van der Waals surface area contributed by atoms with Gasteiger partial charge in [-0.1, -0.05) is 48.5 Å². The smallest absolute Gasteiger partial charge is 0.212 e. The van der Waals surface area contributed by atoms with E-state index in [1.54, 1.807) is 0 Å². The van der Waals surface area contributed by atoms with Crippen LogP contribution in [0.3, 0.4) is 0 Å². The van der Waals surface area contributed by atoms with Crippen LogP contribution in [0, 0.1) is 123 Å². The van der Waals surface area contributed by atoms with Crippen LogP contribution in [0.2, 0.25) is 0 Å². The van der Waals surface area contributed by atoms with E-state index in [4.69, 9.17) is 0 Å². The van der Waals surface area contributed by atoms with Crippen LogP contribution in [0.25, 0.3) is 0 Å². The molecule has 0 saturated heterocycles. The fraction of sp³-hybridized carbons (Fsp3) is 0.0750. The van der Waals surface area contributed by atoms with E-state index in [9.17, 15) is 62.6 Å². The summed E-state index contributed by atoms with van der Waals surface area (Å²) < 4.78 is 294. The monoisotopic (exact) mass is 952 g/mol. The summed E-state index contributed by atoms with van der Waals surface area (Å²) in [4.78, 5) is 13.3. The number of carbonyl (C=O) groups excluding carboxylic acids is 1. The Labute approximate surface area is 347 Å². The van der Waals surface area contributed by atoms with Gasteiger partial charge in [0.15, 0.2) is 80.5 Å². The first-order chi connectivity index (χ1) is 29.9. The van der Waals surface area contributed by atoms with E-state index < -0.39 is 155 Å². The normalized spacial score (nSPS) is 12.0. The fourth-order valence-electron chi connectivity index (χ4n) is 6.81. The largest absolute Gasteiger partial charge is 0.351 e. The Morgan fingerprint density at radius 2 is 0.656 bits per heavy atom. The number of ketones is 1. The van der Waals surface area contributed by atoms with Crippen molar-refractivity contribution in [2.45, 2.75) is 11.8 Å². The lowest BCUT2D eigenvalue weighted by Gasteiger charge is -2.44. The number of carbonyl (C=O) groups is 1. The van der Waals surface area contributed by atoms with E-state index in [0.717, 1.165) is 10.5 Å². The van der Waals surface area contributed by atoms with Gasteiger partial charge in [0.05, 0.1) is 10.9 Å². The number of Topliss-reactive ketones (excluding diaryl/α,β-unsaturated/α-hetero) is 1. The second-order valence-corrected chi connectivity index (χ2v) is 15.1. The van der Waals surface area contributed by atoms with Gasteiger partial charge in [0.2, 0.25) is 11.7 Å². The third kappa shape index (κ3) is 7.83. The molecular weight excluding hydrogens is 935 g/mol. The fourth-order valence-corrected chi connectivity index (χ4v) is 8.48. The van der Waals surface area contributed by atoms with Gasteiger partial charge in [-0.3, -0.25) is 4.79 Å². The summed E-state index contributed by atoms with van der Waals surface area (Å²) in [6.07, 6.45) is -7.22. The van der Waals surface area contributed by atoms with Crippen molar-refractivity contribution >= 4 is 44.7 Å². The first-order valence-corrected chi connectivity index (χ1v) is 18.6. The lowest BCUT2D eigenvalue weighted by molar-refractivity contribution is 0.102. The van der Waals surface area contributed by atoms with Crippen molar-refractivity contribution in [1.29, 1.82) is 0 Å². The van der Waals surface area contributed by atoms with Crippen LogP contribution in [0.1, 0.15) is 15.9 Å². The molecule has 0 heterocycles. The number of halogens is 20. The van der Waals surface area contributed by atoms with Gasteiger partial charge >= 0.3 is 0 Å². The lowest BCUT2D eigenvalue weighted by atomic mass is 9.12. The van der Waals surface area contributed by atoms with E-state index in [1.807, 2.05) is 61.5 Å². The van der Waals surface area contributed by atoms with Crippen molar-refractivity contribution in [2.75, 3.05) is 11.7 Å². The van der Waals surface area contributed by atoms with Gasteiger partial charge in [0, 0.05) is 11.1 Å². The number of benzene rings is 6. The van der Waals surface area contributed by atoms with E-state index in [2.05, 4.69) is 0 Å². The number of hydrogen-bond acceptors (Lipinski definition) is 2. The molecule has 0 bridgehead atoms. The zero-order chi connectivity index (χ0) is 48.0. The molecule has 0 aliphatic heterocycles. The summed E-state index contributed by atoms with van der Waals surface area (Å²) in [5.41, 5.74) is -12.5. The molecule has 0 spiro atoms. The SMILES string of the molecule is Cc1ccccc1[S+](CO)CC(=O)c1ccccc1.Fc1c(F)c(F)c([B-](c2c(F)c(F)c(F)c(F)c2F)(c2c(F)c(F)c(F)c(F)c2F)c2c(F)c(F)c(F)c(F)c2F)c(F)c1F. The van der Waals surface area contributed by atoms with Crippen molar-refractivity contribution in [3.8, 4) is 0 Å². The predicted octanol–water partition coefficient (Wildman–Crippen LogP) is 8.65. The van der Waals surface area contributed by atoms with Crippen LogP contribution in [0.5, 0.6) is 0 Å². The molecule has 0 aliphatic rings. The number of aliphatic hydroxyl groups is 1. The molecule has 0 amide bonds. The molecule has 6 aromatic carbocycles. The highest BCUT2D eigenvalue weighted by Crippen LogP contribution is 2.31. The summed E-state index contributed by atoms with van der Waals surface area (Å²) in [5, 5.41) is 9.56. The summed E-state index contributed by atoms with van der Waals surface area (Å²) in [6.45, 7) is 2.01. The minimum Gasteiger partial charge on any atom is -0.351 e. The number of aryl methyl sites for hydroxylation is 1. The number of aliphatic hydroxyl groups excluding tert-OH is 1. The highest BCUT2D eigenvalue weighted by Gasteiger charge is 2.52. The van der Waals surface area contributed by atoms with Crippen LogP contribution in [-0.2, 0) is 10.9 Å². The molecule has 0 radical (unpaired) electrons. The Morgan fingerprint density at radius 1 is 0.406 bits per heavy atom. The highest BCUT2D eigenvalue weighted by atomic mass is 32.2. The van der Waals surface area contributed by atoms with Crippen molar-refractivity contribution in [3.63, 3.8) is 0 Å². The quantitative estimate of drug-likeness (QED) is 0.0394. The van der Waals surface area contributed by atoms with E-state index in [-0.39, 0.29) is 11.7 Å². The van der Waals surface area contributed by atoms with Crippen LogP contribution in [0.15, 0.2) is 59.5 Å². The second kappa shape index (κ2) is 18.6. The maximum Gasteiger partial charge on any atom is 0.212 e. The van der Waals surface area contributed by atoms with Gasteiger partial charge in [-0.15, -0.1) is 21.9 Å². The first-order valence-electron chi connectivity index (χ1n) is 17.1. The third-order valence-electron chi connectivity index (χ3n) is 9.67. The summed E-state index contributed by atoms with van der Waals surface area (Å²) in [5.74, 6) is -70.9. The molecule has 0 aromatic heterocycles. The Kier molecular flexibility index (Phi) is 14.2. The molecule has 0 saturated carbocycles. The zero-order valence-corrected chi connectivity index (χ0v) is 31.8. The lowest BCUT2D eigenvalue weighted by Crippen LogP contribution is -2.81. The molecule has 24 heteroatoms. The van der Waals surface area contributed by atoms with Gasteiger partial charge in [0.25, 0.3) is 0 Å². The Balaban J connectivity index is 0.000000337. The van der Waals surface area contributed by atoms with Gasteiger partial charge < -0.3 is 5.11 Å². The first kappa shape index (κ1) is 49.0. The standard InChI is InChI=1S/C24BF20.C16H17O2S/c26-5-1(6(27)14(35)21(42)13(5)34)25(2-7(28)15(36)22(43)16(37)8(2)29,3-9(30)17(38)23(44)18(39)10(3)31)4-11(32)19(40)24(45)20(41)12(4)33;1-13-7-5-6-10-16(13)19(12-17)11-15(18)14-8-3-2-4-9-14/h;2-10,17H,11-12H2,1H3/q-1;+1. The molecule has 0 aliphatic carbocycles. The van der Waals surface area contributed by atoms with Crippen molar-refractivity contribution in [3.05, 3.63) is 182 Å². The van der Waals surface area contributed by atoms with Crippen molar-refractivity contribution in [1.82, 2.24) is 0 Å². The van der Waals surface area contributed by atoms with Crippen molar-refractivity contribution in [2.24, 2.45) is 0 Å². The molecule has 6 aromatic rings. The van der Waals surface area contributed by atoms with Crippen LogP contribution >= 0.6 is 0 Å². The number of rotatable bonds is 9. The average molecular weight is 952 g/mol. The molecule has 1 N–H and O–H groups in total. The van der Waals surface area contributed by atoms with Crippen LogP contribution in [0.4, 0.5) is 87.8 Å². The molecule has 6 rings (SSSR count). The third-order valence-corrected chi connectivity index (χ3v) is 11.7. The zero-order valence-electron chi connectivity index (χ0n) is 31.0. The predicted molar refractivity (Wildman–Crippen MR) is 189 cm³/mol. The van der Waals surface area contributed by atoms with Crippen LogP contribution < -0.4 is 21.9 Å². The summed E-state index contributed by atoms with van der Waals surface area (Å²) in [6, 6.07) is 17.2. The molecule has 1 unspecified atom stereocenters. The highest BCUT2D eigenvalue weighted by molar-refractivity contribution is 7.97. The molecule has 2 nitrogen and oxygen atoms in total. The Morgan fingerprint density at radius 3 is 0.922 bits per heavy atom. The summed E-state index contributed by atoms with van der Waals surface area (Å²) in [7, 11) is -0.431. The second-order valence-electron chi connectivity index (χ2n) is 13.1. The summed E-state index contributed by atoms with van der Waals surface area (Å²) >= 11 is 0. The molecule has 1 atom stereocenters. The Bertz CT molecular complexity index is 2460. The van der Waals surface area contributed by atoms with Gasteiger partial charge in [0.1, 0.15) is 52.7 Å². The minimum atomic E-state index is -7.22. The van der Waals surface area contributed by atoms with Crippen LogP contribution in [-0.4, -0.2) is 28.7 Å². The van der Waals surface area contributed by atoms with Crippen molar-refractivity contribution < 1.29 is 97.7 Å². The van der Waals surface area contributed by atoms with E-state index >= 15 is 35.1 Å². The maximum atomic E-state index is 15.4. The maximum absolute atomic E-state index is 15.4. The molecular formula is C40H17BF20O2S. The molecule has 0 fully saturated rings. The Hall–Kier alpha value is -6.04. The van der Waals surface area contributed by atoms with Gasteiger partial charge in [-0.2, -0.15) is 0 Å². The average Bonchev–Trinajstić information content (AvgIpc) is 3.28. The molecule has 338 valence electrons. The minimum absolute atomic E-state index is 0.0173. The number of hydrogen-bond donors (Lipinski definition) is 1. The van der Waals surface area contributed by atoms with Gasteiger partial charge in [-0.05, 0) is 13.0 Å². The van der Waals surface area contributed by atoms with E-state index in [1.165, 1.54) is 0 Å². The van der Waals surface area contributed by atoms with Gasteiger partial charge in [-0.25, -0.2) is 87.8 Å². The topological polar surface area (TPSA) is 37.3 Å². The molecule has 64 heavy (non-hydrogen) atoms. The van der Waals surface area contributed by atoms with E-state index in [0.29, 0.717) is 11.3 Å².